The number of aliphatic hydroxyl groups is 1. The first-order valence-corrected chi connectivity index (χ1v) is 8.32. The molecule has 0 radical (unpaired) electrons. The number of aliphatic hydroxyl groups excluding tert-OH is 1. The van der Waals surface area contributed by atoms with Gasteiger partial charge in [-0.1, -0.05) is 18.2 Å². The maximum Gasteiger partial charge on any atom is 0.227 e. The average molecular weight is 317 g/mol. The third kappa shape index (κ3) is 3.55. The van der Waals surface area contributed by atoms with Gasteiger partial charge in [0.25, 0.3) is 0 Å². The van der Waals surface area contributed by atoms with Crippen molar-refractivity contribution in [3.05, 3.63) is 52.2 Å². The number of anilines is 1. The van der Waals surface area contributed by atoms with Crippen LogP contribution in [0.3, 0.4) is 0 Å². The maximum absolute atomic E-state index is 12.2. The zero-order chi connectivity index (χ0) is 15.4. The van der Waals surface area contributed by atoms with E-state index in [-0.39, 0.29) is 11.8 Å². The van der Waals surface area contributed by atoms with Crippen molar-refractivity contribution in [3.8, 4) is 0 Å². The predicted octanol–water partition coefficient (Wildman–Crippen LogP) is 3.19. The van der Waals surface area contributed by atoms with E-state index in [1.54, 1.807) is 0 Å². The first-order valence-electron chi connectivity index (χ1n) is 7.44. The summed E-state index contributed by atoms with van der Waals surface area (Å²) in [6.07, 6.45) is 0.947. The highest BCUT2D eigenvalue weighted by Crippen LogP contribution is 2.27. The van der Waals surface area contributed by atoms with E-state index in [4.69, 9.17) is 4.74 Å². The third-order valence-corrected chi connectivity index (χ3v) is 4.82. The Balaban J connectivity index is 1.62. The highest BCUT2D eigenvalue weighted by molar-refractivity contribution is 7.10. The highest BCUT2D eigenvalue weighted by Gasteiger charge is 2.21. The first kappa shape index (κ1) is 15.2. The van der Waals surface area contributed by atoms with Gasteiger partial charge in [0.1, 0.15) is 6.10 Å². The van der Waals surface area contributed by atoms with Crippen molar-refractivity contribution in [2.45, 2.75) is 18.9 Å². The number of ether oxygens (including phenoxy) is 1. The fourth-order valence-corrected chi connectivity index (χ4v) is 3.30. The Kier molecular flexibility index (Phi) is 4.87. The Bertz CT molecular complexity index is 603. The Morgan fingerprint density at radius 1 is 1.23 bits per heavy atom. The second-order valence-corrected chi connectivity index (χ2v) is 6.40. The normalized spacial score (nSPS) is 17.1. The number of thiophene rings is 1. The molecule has 2 aromatic rings. The molecule has 1 fully saturated rings. The quantitative estimate of drug-likeness (QED) is 0.910. The highest BCUT2D eigenvalue weighted by atomic mass is 32.1. The van der Waals surface area contributed by atoms with Crippen LogP contribution in [0.25, 0.3) is 0 Å². The summed E-state index contributed by atoms with van der Waals surface area (Å²) in [5.41, 5.74) is 1.59. The van der Waals surface area contributed by atoms with Gasteiger partial charge in [0.15, 0.2) is 0 Å². The topological polar surface area (TPSA) is 58.6 Å². The summed E-state index contributed by atoms with van der Waals surface area (Å²) >= 11 is 1.53. The molecule has 3 rings (SSSR count). The van der Waals surface area contributed by atoms with Crippen LogP contribution >= 0.6 is 11.3 Å². The fourth-order valence-electron chi connectivity index (χ4n) is 2.56. The molecule has 1 amide bonds. The molecule has 0 saturated carbocycles. The lowest BCUT2D eigenvalue weighted by molar-refractivity contribution is -0.122. The van der Waals surface area contributed by atoms with E-state index in [1.807, 2.05) is 41.8 Å². The molecule has 1 aromatic carbocycles. The smallest absolute Gasteiger partial charge is 0.227 e. The van der Waals surface area contributed by atoms with Crippen LogP contribution in [0.15, 0.2) is 41.8 Å². The minimum absolute atomic E-state index is 0.0325. The standard InChI is InChI=1S/C17H19NO3S/c19-16(15-2-1-11-22-15)12-3-5-14(6-4-12)18-17(20)13-7-9-21-10-8-13/h1-6,11,13,16,19H,7-10H2,(H,18,20)/t16-/m1/s1. The maximum atomic E-state index is 12.2. The van der Waals surface area contributed by atoms with Crippen LogP contribution in [0.4, 0.5) is 5.69 Å². The number of carbonyl (C=O) groups is 1. The number of benzene rings is 1. The van der Waals surface area contributed by atoms with Gasteiger partial charge < -0.3 is 15.2 Å². The van der Waals surface area contributed by atoms with E-state index in [2.05, 4.69) is 5.32 Å². The van der Waals surface area contributed by atoms with E-state index in [0.29, 0.717) is 13.2 Å². The summed E-state index contributed by atoms with van der Waals surface area (Å²) in [5, 5.41) is 15.2. The van der Waals surface area contributed by atoms with Crippen LogP contribution in [0, 0.1) is 5.92 Å². The minimum Gasteiger partial charge on any atom is -0.383 e. The second-order valence-electron chi connectivity index (χ2n) is 5.42. The molecule has 0 aliphatic carbocycles. The summed E-state index contributed by atoms with van der Waals surface area (Å²) in [4.78, 5) is 13.1. The third-order valence-electron chi connectivity index (χ3n) is 3.90. The van der Waals surface area contributed by atoms with Crippen LogP contribution in [-0.4, -0.2) is 24.2 Å². The lowest BCUT2D eigenvalue weighted by Crippen LogP contribution is -2.28. The molecular weight excluding hydrogens is 298 g/mol. The monoisotopic (exact) mass is 317 g/mol. The molecule has 0 unspecified atom stereocenters. The molecular formula is C17H19NO3S. The fraction of sp³-hybridized carbons (Fsp3) is 0.353. The minimum atomic E-state index is -0.611. The number of amides is 1. The predicted molar refractivity (Wildman–Crippen MR) is 87.0 cm³/mol. The van der Waals surface area contributed by atoms with Gasteiger partial charge >= 0.3 is 0 Å². The number of nitrogens with one attached hydrogen (secondary N) is 1. The van der Waals surface area contributed by atoms with E-state index in [9.17, 15) is 9.90 Å². The summed E-state index contributed by atoms with van der Waals surface area (Å²) in [5.74, 6) is 0.0833. The molecule has 1 aliphatic rings. The van der Waals surface area contributed by atoms with Gasteiger partial charge in [0.2, 0.25) is 5.91 Å². The summed E-state index contributed by atoms with van der Waals surface area (Å²) < 4.78 is 5.27. The van der Waals surface area contributed by atoms with Gasteiger partial charge in [-0.25, -0.2) is 0 Å². The zero-order valence-electron chi connectivity index (χ0n) is 12.2. The molecule has 5 heteroatoms. The number of rotatable bonds is 4. The summed E-state index contributed by atoms with van der Waals surface area (Å²) in [6, 6.07) is 11.2. The van der Waals surface area contributed by atoms with Crippen molar-refractivity contribution >= 4 is 22.9 Å². The lowest BCUT2D eigenvalue weighted by Gasteiger charge is -2.21. The summed E-state index contributed by atoms with van der Waals surface area (Å²) in [7, 11) is 0. The van der Waals surface area contributed by atoms with Crippen LogP contribution < -0.4 is 5.32 Å². The van der Waals surface area contributed by atoms with Crippen molar-refractivity contribution in [1.29, 1.82) is 0 Å². The largest absolute Gasteiger partial charge is 0.383 e. The van der Waals surface area contributed by atoms with Crippen molar-refractivity contribution < 1.29 is 14.6 Å². The number of hydrogen-bond donors (Lipinski definition) is 2. The van der Waals surface area contributed by atoms with Crippen LogP contribution in [-0.2, 0) is 9.53 Å². The van der Waals surface area contributed by atoms with Gasteiger partial charge in [0, 0.05) is 29.7 Å². The molecule has 1 aromatic heterocycles. The first-order chi connectivity index (χ1) is 10.7. The Hall–Kier alpha value is -1.69. The van der Waals surface area contributed by atoms with Crippen molar-refractivity contribution in [3.63, 3.8) is 0 Å². The van der Waals surface area contributed by atoms with E-state index < -0.39 is 6.10 Å². The van der Waals surface area contributed by atoms with E-state index in [0.717, 1.165) is 29.0 Å². The van der Waals surface area contributed by atoms with Gasteiger partial charge in [-0.05, 0) is 42.0 Å². The molecule has 1 aliphatic heterocycles. The SMILES string of the molecule is O=C(Nc1ccc([C@@H](O)c2cccs2)cc1)C1CCOCC1. The molecule has 0 bridgehead atoms. The Morgan fingerprint density at radius 3 is 2.59 bits per heavy atom. The summed E-state index contributed by atoms with van der Waals surface area (Å²) in [6.45, 7) is 1.31. The number of carbonyl (C=O) groups excluding carboxylic acids is 1. The molecule has 1 saturated heterocycles. The van der Waals surface area contributed by atoms with Gasteiger partial charge in [-0.15, -0.1) is 11.3 Å². The van der Waals surface area contributed by atoms with Crippen LogP contribution in [0.5, 0.6) is 0 Å². The zero-order valence-corrected chi connectivity index (χ0v) is 13.0. The van der Waals surface area contributed by atoms with Gasteiger partial charge in [0.05, 0.1) is 0 Å². The van der Waals surface area contributed by atoms with Gasteiger partial charge in [-0.3, -0.25) is 4.79 Å². The van der Waals surface area contributed by atoms with Crippen molar-refractivity contribution in [2.24, 2.45) is 5.92 Å². The molecule has 116 valence electrons. The van der Waals surface area contributed by atoms with Gasteiger partial charge in [-0.2, -0.15) is 0 Å². The van der Waals surface area contributed by atoms with E-state index >= 15 is 0 Å². The van der Waals surface area contributed by atoms with Crippen molar-refractivity contribution in [2.75, 3.05) is 18.5 Å². The number of hydrogen-bond acceptors (Lipinski definition) is 4. The molecule has 1 atom stereocenters. The Morgan fingerprint density at radius 2 is 1.95 bits per heavy atom. The van der Waals surface area contributed by atoms with E-state index in [1.165, 1.54) is 11.3 Å². The molecule has 22 heavy (non-hydrogen) atoms. The second kappa shape index (κ2) is 7.05. The molecule has 0 spiro atoms. The van der Waals surface area contributed by atoms with Crippen molar-refractivity contribution in [1.82, 2.24) is 0 Å². The molecule has 2 N–H and O–H groups in total. The average Bonchev–Trinajstić information content (AvgIpc) is 3.10. The Labute approximate surface area is 133 Å². The molecule has 2 heterocycles. The lowest BCUT2D eigenvalue weighted by atomic mass is 9.99. The molecule has 4 nitrogen and oxygen atoms in total. The van der Waals surface area contributed by atoms with Crippen LogP contribution in [0.2, 0.25) is 0 Å². The van der Waals surface area contributed by atoms with Crippen LogP contribution in [0.1, 0.15) is 29.4 Å².